The zero-order valence-corrected chi connectivity index (χ0v) is 13.1. The number of anilines is 1. The molecule has 1 aliphatic rings. The maximum atomic E-state index is 12.1. The molecule has 2 heterocycles. The van der Waals surface area contributed by atoms with E-state index >= 15 is 0 Å². The number of fused-ring (bicyclic) bond motifs is 1. The van der Waals surface area contributed by atoms with E-state index in [4.69, 9.17) is 11.6 Å². The van der Waals surface area contributed by atoms with E-state index in [9.17, 15) is 4.79 Å². The normalized spacial score (nSPS) is 17.3. The van der Waals surface area contributed by atoms with Gasteiger partial charge in [0.1, 0.15) is 5.02 Å². The Balaban J connectivity index is 1.88. The number of aryl methyl sites for hydroxylation is 1. The predicted molar refractivity (Wildman–Crippen MR) is 87.3 cm³/mol. The summed E-state index contributed by atoms with van der Waals surface area (Å²) in [6.45, 7) is 3.96. The van der Waals surface area contributed by atoms with Gasteiger partial charge in [-0.1, -0.05) is 17.7 Å². The Labute approximate surface area is 132 Å². The van der Waals surface area contributed by atoms with Gasteiger partial charge in [0.2, 0.25) is 0 Å². The molecule has 0 fully saturated rings. The fraction of sp³-hybridized carbons (Fsp3) is 0.333. The zero-order valence-electron chi connectivity index (χ0n) is 11.5. The smallest absolute Gasteiger partial charge is 0.287 e. The van der Waals surface area contributed by atoms with Gasteiger partial charge in [-0.15, -0.1) is 17.9 Å². The molecule has 2 aromatic heterocycles. The number of thiophene rings is 1. The second kappa shape index (κ2) is 6.03. The molecule has 4 nitrogen and oxygen atoms in total. The standard InChI is InChI=1S/C15H16ClN3OS/c1-2-7-19-15(20)14(16)12(9-17-19)18-11-4-3-5-13-10(11)6-8-21-13/h2,6,8-9,11,18H,1,3-5,7H2. The van der Waals surface area contributed by atoms with Crippen molar-refractivity contribution in [3.63, 3.8) is 0 Å². The van der Waals surface area contributed by atoms with Crippen molar-refractivity contribution in [1.82, 2.24) is 9.78 Å². The highest BCUT2D eigenvalue weighted by Gasteiger charge is 2.22. The summed E-state index contributed by atoms with van der Waals surface area (Å²) >= 11 is 7.98. The van der Waals surface area contributed by atoms with Crippen LogP contribution in [-0.2, 0) is 13.0 Å². The third-order valence-corrected chi connectivity index (χ3v) is 5.03. The lowest BCUT2D eigenvalue weighted by atomic mass is 9.94. The van der Waals surface area contributed by atoms with Crippen molar-refractivity contribution >= 4 is 28.6 Å². The predicted octanol–water partition coefficient (Wildman–Crippen LogP) is 3.63. The number of nitrogens with zero attached hydrogens (tertiary/aromatic N) is 2. The number of aromatic nitrogens is 2. The lowest BCUT2D eigenvalue weighted by molar-refractivity contribution is 0.605. The van der Waals surface area contributed by atoms with Gasteiger partial charge in [0, 0.05) is 4.88 Å². The molecular formula is C15H16ClN3OS. The number of halogens is 1. The zero-order chi connectivity index (χ0) is 14.8. The molecule has 21 heavy (non-hydrogen) atoms. The molecule has 110 valence electrons. The van der Waals surface area contributed by atoms with Gasteiger partial charge >= 0.3 is 0 Å². The Morgan fingerprint density at radius 3 is 3.29 bits per heavy atom. The number of hydrogen-bond donors (Lipinski definition) is 1. The van der Waals surface area contributed by atoms with Gasteiger partial charge < -0.3 is 5.32 Å². The fourth-order valence-corrected chi connectivity index (χ4v) is 3.83. The molecule has 0 radical (unpaired) electrons. The number of nitrogens with one attached hydrogen (secondary N) is 1. The van der Waals surface area contributed by atoms with Gasteiger partial charge in [-0.25, -0.2) is 4.68 Å². The van der Waals surface area contributed by atoms with Crippen molar-refractivity contribution in [1.29, 1.82) is 0 Å². The van der Waals surface area contributed by atoms with Crippen LogP contribution in [0, 0.1) is 0 Å². The maximum Gasteiger partial charge on any atom is 0.287 e. The van der Waals surface area contributed by atoms with Gasteiger partial charge in [-0.3, -0.25) is 4.79 Å². The van der Waals surface area contributed by atoms with Gasteiger partial charge in [0.05, 0.1) is 24.5 Å². The molecule has 0 saturated carbocycles. The first kappa shape index (κ1) is 14.4. The van der Waals surface area contributed by atoms with Gasteiger partial charge in [-0.05, 0) is 36.3 Å². The van der Waals surface area contributed by atoms with Crippen molar-refractivity contribution in [2.24, 2.45) is 0 Å². The lowest BCUT2D eigenvalue weighted by Gasteiger charge is -2.25. The van der Waals surface area contributed by atoms with Crippen LogP contribution in [0.3, 0.4) is 0 Å². The molecule has 2 aromatic rings. The minimum absolute atomic E-state index is 0.189. The molecule has 0 saturated heterocycles. The van der Waals surface area contributed by atoms with Crippen LogP contribution in [0.1, 0.15) is 29.3 Å². The number of rotatable bonds is 4. The van der Waals surface area contributed by atoms with E-state index in [1.54, 1.807) is 23.6 Å². The largest absolute Gasteiger partial charge is 0.376 e. The Bertz CT molecular complexity index is 722. The molecule has 0 spiro atoms. The highest BCUT2D eigenvalue weighted by molar-refractivity contribution is 7.10. The average Bonchev–Trinajstić information content (AvgIpc) is 2.96. The summed E-state index contributed by atoms with van der Waals surface area (Å²) in [6.07, 6.45) is 6.56. The van der Waals surface area contributed by atoms with Crippen molar-refractivity contribution in [2.45, 2.75) is 31.8 Å². The SMILES string of the molecule is C=CCn1ncc(NC2CCCc3sccc32)c(Cl)c1=O. The average molecular weight is 322 g/mol. The molecule has 0 aliphatic heterocycles. The van der Waals surface area contributed by atoms with Gasteiger partial charge in [0.25, 0.3) is 5.56 Å². The molecule has 1 unspecified atom stereocenters. The molecule has 3 rings (SSSR count). The Morgan fingerprint density at radius 2 is 2.48 bits per heavy atom. The molecule has 1 aliphatic carbocycles. The molecule has 0 bridgehead atoms. The van der Waals surface area contributed by atoms with E-state index < -0.39 is 0 Å². The minimum Gasteiger partial charge on any atom is -0.376 e. The number of allylic oxidation sites excluding steroid dienone is 1. The van der Waals surface area contributed by atoms with E-state index in [-0.39, 0.29) is 16.6 Å². The van der Waals surface area contributed by atoms with Crippen molar-refractivity contribution in [3.8, 4) is 0 Å². The monoisotopic (exact) mass is 321 g/mol. The first-order valence-electron chi connectivity index (χ1n) is 6.90. The van der Waals surface area contributed by atoms with Crippen LogP contribution >= 0.6 is 22.9 Å². The van der Waals surface area contributed by atoms with Gasteiger partial charge in [0.15, 0.2) is 0 Å². The van der Waals surface area contributed by atoms with Crippen molar-refractivity contribution < 1.29 is 0 Å². The summed E-state index contributed by atoms with van der Waals surface area (Å²) in [5, 5.41) is 9.81. The topological polar surface area (TPSA) is 46.9 Å². The third-order valence-electron chi connectivity index (χ3n) is 3.67. The Hall–Kier alpha value is -1.59. The second-order valence-corrected chi connectivity index (χ2v) is 6.42. The fourth-order valence-electron chi connectivity index (χ4n) is 2.64. The van der Waals surface area contributed by atoms with Crippen LogP contribution in [0.25, 0.3) is 0 Å². The van der Waals surface area contributed by atoms with Crippen LogP contribution < -0.4 is 10.9 Å². The Morgan fingerprint density at radius 1 is 1.62 bits per heavy atom. The summed E-state index contributed by atoms with van der Waals surface area (Å²) in [5.41, 5.74) is 1.63. The third kappa shape index (κ3) is 2.76. The maximum absolute atomic E-state index is 12.1. The summed E-state index contributed by atoms with van der Waals surface area (Å²) < 4.78 is 1.30. The van der Waals surface area contributed by atoms with Crippen LogP contribution in [0.4, 0.5) is 5.69 Å². The minimum atomic E-state index is -0.289. The molecule has 1 N–H and O–H groups in total. The summed E-state index contributed by atoms with van der Waals surface area (Å²) in [7, 11) is 0. The van der Waals surface area contributed by atoms with E-state index in [0.29, 0.717) is 12.2 Å². The van der Waals surface area contributed by atoms with E-state index in [0.717, 1.165) is 19.3 Å². The highest BCUT2D eigenvalue weighted by atomic mass is 35.5. The quantitative estimate of drug-likeness (QED) is 0.875. The molecule has 6 heteroatoms. The lowest BCUT2D eigenvalue weighted by Crippen LogP contribution is -2.25. The molecule has 0 amide bonds. The first-order chi connectivity index (χ1) is 10.2. The van der Waals surface area contributed by atoms with Crippen LogP contribution in [0.2, 0.25) is 5.02 Å². The molecular weight excluding hydrogens is 306 g/mol. The van der Waals surface area contributed by atoms with Crippen molar-refractivity contribution in [2.75, 3.05) is 5.32 Å². The van der Waals surface area contributed by atoms with Gasteiger partial charge in [-0.2, -0.15) is 5.10 Å². The van der Waals surface area contributed by atoms with Crippen LogP contribution in [0.15, 0.2) is 35.1 Å². The number of hydrogen-bond acceptors (Lipinski definition) is 4. The molecule has 1 atom stereocenters. The summed E-state index contributed by atoms with van der Waals surface area (Å²) in [6, 6.07) is 2.35. The molecule has 0 aromatic carbocycles. The Kier molecular flexibility index (Phi) is 4.12. The van der Waals surface area contributed by atoms with Crippen LogP contribution in [0.5, 0.6) is 0 Å². The summed E-state index contributed by atoms with van der Waals surface area (Å²) in [5.74, 6) is 0. The van der Waals surface area contributed by atoms with E-state index in [1.807, 2.05) is 0 Å². The van der Waals surface area contributed by atoms with Crippen molar-refractivity contribution in [3.05, 3.63) is 56.1 Å². The second-order valence-electron chi connectivity index (χ2n) is 5.04. The highest BCUT2D eigenvalue weighted by Crippen LogP contribution is 2.36. The first-order valence-corrected chi connectivity index (χ1v) is 8.15. The summed E-state index contributed by atoms with van der Waals surface area (Å²) in [4.78, 5) is 13.5. The van der Waals surface area contributed by atoms with E-state index in [2.05, 4.69) is 28.4 Å². The van der Waals surface area contributed by atoms with Crippen LogP contribution in [-0.4, -0.2) is 9.78 Å². The van der Waals surface area contributed by atoms with E-state index in [1.165, 1.54) is 15.1 Å².